The van der Waals surface area contributed by atoms with Gasteiger partial charge in [0.05, 0.1) is 11.8 Å². The van der Waals surface area contributed by atoms with Crippen LogP contribution < -0.4 is 5.32 Å². The quantitative estimate of drug-likeness (QED) is 0.492. The molecule has 19 heavy (non-hydrogen) atoms. The van der Waals surface area contributed by atoms with Crippen LogP contribution in [0.3, 0.4) is 0 Å². The second-order valence-electron chi connectivity index (χ2n) is 5.02. The van der Waals surface area contributed by atoms with Gasteiger partial charge in [0.15, 0.2) is 0 Å². The van der Waals surface area contributed by atoms with Crippen LogP contribution in [0.5, 0.6) is 0 Å². The van der Waals surface area contributed by atoms with Crippen molar-refractivity contribution in [3.63, 3.8) is 0 Å². The van der Waals surface area contributed by atoms with E-state index in [-0.39, 0.29) is 29.6 Å². The van der Waals surface area contributed by atoms with Crippen molar-refractivity contribution in [1.29, 1.82) is 0 Å². The van der Waals surface area contributed by atoms with Crippen molar-refractivity contribution >= 4 is 34.4 Å². The smallest absolute Gasteiger partial charge is 0.231 e. The molecule has 0 bridgehead atoms. The average Bonchev–Trinajstić information content (AvgIpc) is 2.71. The first-order chi connectivity index (χ1) is 9.15. The zero-order valence-electron chi connectivity index (χ0n) is 10.9. The predicted octanol–water partition coefficient (Wildman–Crippen LogP) is 2.89. The van der Waals surface area contributed by atoms with E-state index in [2.05, 4.69) is 27.9 Å². The SMILES string of the molecule is C[C@@H](c1ccccc1)[C@@H]1C(=O)NC(=O)[C@H]1CCCI. The standard InChI is InChI=1S/C15H18INO2/c1-10(11-6-3-2-4-7-11)13-12(8-5-9-16)14(18)17-15(13)19/h2-4,6-7,10,12-13H,5,8-9H2,1H3,(H,17,18,19)/t10-,12-,13-/m0/s1. The maximum absolute atomic E-state index is 12.0. The minimum atomic E-state index is -0.224. The van der Waals surface area contributed by atoms with Gasteiger partial charge in [-0.3, -0.25) is 14.9 Å². The highest BCUT2D eigenvalue weighted by atomic mass is 127. The molecule has 1 aromatic carbocycles. The molecule has 1 heterocycles. The molecule has 0 unspecified atom stereocenters. The summed E-state index contributed by atoms with van der Waals surface area (Å²) in [7, 11) is 0. The molecular formula is C15H18INO2. The van der Waals surface area contributed by atoms with E-state index in [1.807, 2.05) is 37.3 Å². The minimum absolute atomic E-state index is 0.0758. The second-order valence-corrected chi connectivity index (χ2v) is 6.10. The zero-order chi connectivity index (χ0) is 13.8. The Labute approximate surface area is 127 Å². The average molecular weight is 371 g/mol. The number of benzene rings is 1. The molecule has 1 aliphatic rings. The Kier molecular flexibility index (Phi) is 4.96. The van der Waals surface area contributed by atoms with Crippen molar-refractivity contribution in [2.24, 2.45) is 11.8 Å². The van der Waals surface area contributed by atoms with Gasteiger partial charge in [-0.25, -0.2) is 0 Å². The molecule has 4 heteroatoms. The summed E-state index contributed by atoms with van der Waals surface area (Å²) in [6.45, 7) is 2.04. The summed E-state index contributed by atoms with van der Waals surface area (Å²) in [4.78, 5) is 23.9. The maximum atomic E-state index is 12.0. The van der Waals surface area contributed by atoms with Crippen LogP contribution >= 0.6 is 22.6 Å². The molecule has 0 aliphatic carbocycles. The third kappa shape index (κ3) is 3.16. The molecule has 0 saturated carbocycles. The Bertz CT molecular complexity index is 460. The van der Waals surface area contributed by atoms with Gasteiger partial charge in [0.2, 0.25) is 11.8 Å². The van der Waals surface area contributed by atoms with Crippen LogP contribution in [0.1, 0.15) is 31.2 Å². The van der Waals surface area contributed by atoms with Crippen molar-refractivity contribution in [2.45, 2.75) is 25.7 Å². The number of halogens is 1. The van der Waals surface area contributed by atoms with Gasteiger partial charge in [-0.2, -0.15) is 0 Å². The van der Waals surface area contributed by atoms with E-state index >= 15 is 0 Å². The lowest BCUT2D eigenvalue weighted by Gasteiger charge is -2.22. The van der Waals surface area contributed by atoms with Crippen molar-refractivity contribution < 1.29 is 9.59 Å². The molecule has 102 valence electrons. The number of nitrogens with one attached hydrogen (secondary N) is 1. The third-order valence-electron chi connectivity index (χ3n) is 3.83. The molecule has 0 aromatic heterocycles. The molecular weight excluding hydrogens is 353 g/mol. The molecule has 3 atom stereocenters. The van der Waals surface area contributed by atoms with E-state index in [1.165, 1.54) is 0 Å². The van der Waals surface area contributed by atoms with E-state index in [4.69, 9.17) is 0 Å². The first-order valence-electron chi connectivity index (χ1n) is 6.60. The fourth-order valence-electron chi connectivity index (χ4n) is 2.79. The van der Waals surface area contributed by atoms with Crippen molar-refractivity contribution in [1.82, 2.24) is 5.32 Å². The Balaban J connectivity index is 2.20. The summed E-state index contributed by atoms with van der Waals surface area (Å²) in [6, 6.07) is 9.95. The van der Waals surface area contributed by atoms with Gasteiger partial charge in [0.25, 0.3) is 0 Å². The number of hydrogen-bond donors (Lipinski definition) is 1. The molecule has 0 spiro atoms. The summed E-state index contributed by atoms with van der Waals surface area (Å²) in [6.07, 6.45) is 1.77. The van der Waals surface area contributed by atoms with Gasteiger partial charge in [-0.1, -0.05) is 59.8 Å². The molecule has 2 rings (SSSR count). The van der Waals surface area contributed by atoms with E-state index in [9.17, 15) is 9.59 Å². The van der Waals surface area contributed by atoms with Gasteiger partial charge in [0.1, 0.15) is 0 Å². The van der Waals surface area contributed by atoms with Crippen molar-refractivity contribution in [2.75, 3.05) is 4.43 Å². The highest BCUT2D eigenvalue weighted by Gasteiger charge is 2.44. The zero-order valence-corrected chi connectivity index (χ0v) is 13.1. The summed E-state index contributed by atoms with van der Waals surface area (Å²) in [5.41, 5.74) is 1.12. The normalized spacial score (nSPS) is 24.3. The number of amides is 2. The summed E-state index contributed by atoms with van der Waals surface area (Å²) < 4.78 is 1.02. The molecule has 2 amide bonds. The molecule has 1 N–H and O–H groups in total. The molecule has 1 saturated heterocycles. The molecule has 0 radical (unpaired) electrons. The first-order valence-corrected chi connectivity index (χ1v) is 8.13. The van der Waals surface area contributed by atoms with Gasteiger partial charge >= 0.3 is 0 Å². The molecule has 3 nitrogen and oxygen atoms in total. The van der Waals surface area contributed by atoms with Crippen LogP contribution in [-0.2, 0) is 9.59 Å². The van der Waals surface area contributed by atoms with E-state index in [1.54, 1.807) is 0 Å². The Morgan fingerprint density at radius 3 is 2.53 bits per heavy atom. The molecule has 1 aromatic rings. The van der Waals surface area contributed by atoms with Crippen LogP contribution in [0.15, 0.2) is 30.3 Å². The lowest BCUT2D eigenvalue weighted by Crippen LogP contribution is -2.25. The Morgan fingerprint density at radius 1 is 1.21 bits per heavy atom. The largest absolute Gasteiger partial charge is 0.296 e. The highest BCUT2D eigenvalue weighted by molar-refractivity contribution is 14.1. The van der Waals surface area contributed by atoms with Crippen molar-refractivity contribution in [3.05, 3.63) is 35.9 Å². The lowest BCUT2D eigenvalue weighted by molar-refractivity contribution is -0.126. The lowest BCUT2D eigenvalue weighted by atomic mass is 9.78. The predicted molar refractivity (Wildman–Crippen MR) is 83.1 cm³/mol. The van der Waals surface area contributed by atoms with Crippen LogP contribution in [0, 0.1) is 11.8 Å². The number of hydrogen-bond acceptors (Lipinski definition) is 2. The van der Waals surface area contributed by atoms with Crippen LogP contribution in [-0.4, -0.2) is 16.2 Å². The summed E-state index contributed by atoms with van der Waals surface area (Å²) >= 11 is 2.31. The monoisotopic (exact) mass is 371 g/mol. The number of rotatable bonds is 5. The van der Waals surface area contributed by atoms with E-state index in [0.29, 0.717) is 0 Å². The maximum Gasteiger partial charge on any atom is 0.231 e. The molecule has 1 fully saturated rings. The number of imide groups is 1. The summed E-state index contributed by atoms with van der Waals surface area (Å²) in [5, 5.41) is 2.50. The van der Waals surface area contributed by atoms with Crippen LogP contribution in [0.25, 0.3) is 0 Å². The second kappa shape index (κ2) is 6.50. The Morgan fingerprint density at radius 2 is 1.89 bits per heavy atom. The first kappa shape index (κ1) is 14.5. The van der Waals surface area contributed by atoms with E-state index < -0.39 is 0 Å². The van der Waals surface area contributed by atoms with Gasteiger partial charge in [0, 0.05) is 0 Å². The number of alkyl halides is 1. The van der Waals surface area contributed by atoms with Crippen LogP contribution in [0.4, 0.5) is 0 Å². The van der Waals surface area contributed by atoms with Crippen molar-refractivity contribution in [3.8, 4) is 0 Å². The van der Waals surface area contributed by atoms with Gasteiger partial charge in [-0.15, -0.1) is 0 Å². The highest BCUT2D eigenvalue weighted by Crippen LogP contribution is 2.36. The number of carbonyl (C=O) groups excluding carboxylic acids is 2. The molecule has 1 aliphatic heterocycles. The minimum Gasteiger partial charge on any atom is -0.296 e. The topological polar surface area (TPSA) is 46.2 Å². The van der Waals surface area contributed by atoms with Gasteiger partial charge in [-0.05, 0) is 28.8 Å². The summed E-state index contributed by atoms with van der Waals surface area (Å²) in [5.74, 6) is -0.523. The van der Waals surface area contributed by atoms with E-state index in [0.717, 1.165) is 22.8 Å². The van der Waals surface area contributed by atoms with Crippen LogP contribution in [0.2, 0.25) is 0 Å². The third-order valence-corrected chi connectivity index (χ3v) is 4.59. The fraction of sp³-hybridized carbons (Fsp3) is 0.467. The Hall–Kier alpha value is -0.910. The number of carbonyl (C=O) groups is 2. The van der Waals surface area contributed by atoms with Gasteiger partial charge < -0.3 is 0 Å². The fourth-order valence-corrected chi connectivity index (χ4v) is 3.23.